The van der Waals surface area contributed by atoms with Crippen LogP contribution in [0.5, 0.6) is 0 Å². The van der Waals surface area contributed by atoms with Crippen molar-refractivity contribution in [3.05, 3.63) is 0 Å². The standard InChI is InChI=1S/C16H30N2O2/c1-7-12(8-2)11(5)18-13(9-3)14(19)17-16(6,10-4)15(18)20/h11-13H,7-10H2,1-6H3,(H,17,19). The molecule has 1 N–H and O–H groups in total. The molecule has 1 saturated heterocycles. The summed E-state index contributed by atoms with van der Waals surface area (Å²) >= 11 is 0. The normalized spacial score (nSPS) is 28.8. The zero-order chi connectivity index (χ0) is 15.5. The SMILES string of the molecule is CCC(CC)C(C)N1C(=O)C(C)(CC)NC(=O)C1CC. The van der Waals surface area contributed by atoms with Crippen LogP contribution in [0.4, 0.5) is 0 Å². The van der Waals surface area contributed by atoms with E-state index in [4.69, 9.17) is 0 Å². The van der Waals surface area contributed by atoms with Gasteiger partial charge >= 0.3 is 0 Å². The zero-order valence-electron chi connectivity index (χ0n) is 13.8. The number of nitrogens with zero attached hydrogens (tertiary/aromatic N) is 1. The van der Waals surface area contributed by atoms with Crippen LogP contribution in [0.1, 0.15) is 67.2 Å². The van der Waals surface area contributed by atoms with Crippen molar-refractivity contribution >= 4 is 11.8 Å². The molecule has 0 aromatic rings. The van der Waals surface area contributed by atoms with Crippen LogP contribution in [-0.2, 0) is 9.59 Å². The highest BCUT2D eigenvalue weighted by Gasteiger charge is 2.48. The Labute approximate surface area is 123 Å². The van der Waals surface area contributed by atoms with Crippen LogP contribution in [0.2, 0.25) is 0 Å². The van der Waals surface area contributed by atoms with Gasteiger partial charge in [0, 0.05) is 6.04 Å². The Morgan fingerprint density at radius 3 is 2.15 bits per heavy atom. The van der Waals surface area contributed by atoms with Crippen molar-refractivity contribution in [2.45, 2.75) is 84.8 Å². The second-order valence-electron chi connectivity index (χ2n) is 6.13. The summed E-state index contributed by atoms with van der Waals surface area (Å²) in [6, 6.07) is -0.211. The molecule has 0 bridgehead atoms. The molecule has 1 aliphatic rings. The molecule has 0 aromatic heterocycles. The van der Waals surface area contributed by atoms with Crippen molar-refractivity contribution in [2.24, 2.45) is 5.92 Å². The third-order valence-corrected chi connectivity index (χ3v) is 5.01. The summed E-state index contributed by atoms with van der Waals surface area (Å²) in [4.78, 5) is 27.1. The Morgan fingerprint density at radius 2 is 1.75 bits per heavy atom. The van der Waals surface area contributed by atoms with Crippen LogP contribution < -0.4 is 5.32 Å². The maximum absolute atomic E-state index is 12.9. The Hall–Kier alpha value is -1.06. The molecular formula is C16H30N2O2. The molecule has 20 heavy (non-hydrogen) atoms. The largest absolute Gasteiger partial charge is 0.340 e. The maximum Gasteiger partial charge on any atom is 0.248 e. The fourth-order valence-corrected chi connectivity index (χ4v) is 3.25. The first-order valence-electron chi connectivity index (χ1n) is 8.00. The number of hydrogen-bond donors (Lipinski definition) is 1. The van der Waals surface area contributed by atoms with E-state index in [1.54, 1.807) is 0 Å². The van der Waals surface area contributed by atoms with E-state index in [9.17, 15) is 9.59 Å². The van der Waals surface area contributed by atoms with Crippen molar-refractivity contribution < 1.29 is 9.59 Å². The number of carbonyl (C=O) groups is 2. The third kappa shape index (κ3) is 2.84. The Kier molecular flexibility index (Phi) is 5.60. The number of piperazine rings is 1. The van der Waals surface area contributed by atoms with Crippen molar-refractivity contribution in [2.75, 3.05) is 0 Å². The topological polar surface area (TPSA) is 49.4 Å². The van der Waals surface area contributed by atoms with Gasteiger partial charge in [0.25, 0.3) is 0 Å². The van der Waals surface area contributed by atoms with Gasteiger partial charge in [0.15, 0.2) is 0 Å². The van der Waals surface area contributed by atoms with E-state index in [0.717, 1.165) is 12.8 Å². The molecule has 0 aliphatic carbocycles. The average Bonchev–Trinajstić information content (AvgIpc) is 2.43. The number of rotatable bonds is 6. The van der Waals surface area contributed by atoms with Crippen molar-refractivity contribution in [3.63, 3.8) is 0 Å². The lowest BCUT2D eigenvalue weighted by molar-refractivity contribution is -0.158. The molecule has 0 radical (unpaired) electrons. The van der Waals surface area contributed by atoms with Crippen molar-refractivity contribution in [3.8, 4) is 0 Å². The number of carbonyl (C=O) groups excluding carboxylic acids is 2. The smallest absolute Gasteiger partial charge is 0.248 e. The van der Waals surface area contributed by atoms with Crippen LogP contribution in [0.15, 0.2) is 0 Å². The van der Waals surface area contributed by atoms with E-state index in [0.29, 0.717) is 18.8 Å². The summed E-state index contributed by atoms with van der Waals surface area (Å²) in [6.07, 6.45) is 3.35. The molecule has 1 rings (SSSR count). The molecule has 1 fully saturated rings. The first-order valence-corrected chi connectivity index (χ1v) is 8.00. The molecule has 1 heterocycles. The third-order valence-electron chi connectivity index (χ3n) is 5.01. The van der Waals surface area contributed by atoms with Crippen LogP contribution in [0.3, 0.4) is 0 Å². The van der Waals surface area contributed by atoms with Crippen LogP contribution in [-0.4, -0.2) is 34.3 Å². The van der Waals surface area contributed by atoms with Crippen molar-refractivity contribution in [1.82, 2.24) is 10.2 Å². The second kappa shape index (κ2) is 6.59. The fraction of sp³-hybridized carbons (Fsp3) is 0.875. The molecule has 2 amide bonds. The highest BCUT2D eigenvalue weighted by Crippen LogP contribution is 2.29. The minimum absolute atomic E-state index is 0.00532. The number of hydrogen-bond acceptors (Lipinski definition) is 2. The van der Waals surface area contributed by atoms with E-state index in [2.05, 4.69) is 26.1 Å². The Morgan fingerprint density at radius 1 is 1.20 bits per heavy atom. The van der Waals surface area contributed by atoms with Gasteiger partial charge in [-0.05, 0) is 32.6 Å². The first-order chi connectivity index (χ1) is 9.36. The monoisotopic (exact) mass is 282 g/mol. The first kappa shape index (κ1) is 17.0. The minimum Gasteiger partial charge on any atom is -0.340 e. The fourth-order valence-electron chi connectivity index (χ4n) is 3.25. The van der Waals surface area contributed by atoms with Gasteiger partial charge in [0.05, 0.1) is 0 Å². The van der Waals surface area contributed by atoms with Crippen LogP contribution in [0.25, 0.3) is 0 Å². The van der Waals surface area contributed by atoms with Gasteiger partial charge in [-0.15, -0.1) is 0 Å². The summed E-state index contributed by atoms with van der Waals surface area (Å²) in [6.45, 7) is 12.2. The van der Waals surface area contributed by atoms with Gasteiger partial charge in [0.1, 0.15) is 11.6 Å². The molecule has 0 saturated carbocycles. The second-order valence-corrected chi connectivity index (χ2v) is 6.13. The molecule has 0 aromatic carbocycles. The van der Waals surface area contributed by atoms with E-state index >= 15 is 0 Å². The zero-order valence-corrected chi connectivity index (χ0v) is 13.8. The number of nitrogens with one attached hydrogen (secondary N) is 1. The molecule has 3 unspecified atom stereocenters. The van der Waals surface area contributed by atoms with E-state index < -0.39 is 5.54 Å². The lowest BCUT2D eigenvalue weighted by Crippen LogP contribution is -2.71. The summed E-state index contributed by atoms with van der Waals surface area (Å²) in [7, 11) is 0. The lowest BCUT2D eigenvalue weighted by atomic mass is 9.86. The van der Waals surface area contributed by atoms with Gasteiger partial charge in [-0.3, -0.25) is 9.59 Å². The summed E-state index contributed by atoms with van der Waals surface area (Å²) in [5.41, 5.74) is -0.747. The maximum atomic E-state index is 12.9. The average molecular weight is 282 g/mol. The number of amides is 2. The van der Waals surface area contributed by atoms with Gasteiger partial charge in [-0.25, -0.2) is 0 Å². The quantitative estimate of drug-likeness (QED) is 0.814. The van der Waals surface area contributed by atoms with Gasteiger partial charge < -0.3 is 10.2 Å². The van der Waals surface area contributed by atoms with Gasteiger partial charge in [0.2, 0.25) is 11.8 Å². The van der Waals surface area contributed by atoms with E-state index in [-0.39, 0.29) is 23.9 Å². The summed E-state index contributed by atoms with van der Waals surface area (Å²) in [5, 5.41) is 2.92. The molecule has 0 spiro atoms. The van der Waals surface area contributed by atoms with Gasteiger partial charge in [-0.2, -0.15) is 0 Å². The summed E-state index contributed by atoms with van der Waals surface area (Å²) < 4.78 is 0. The molecule has 4 nitrogen and oxygen atoms in total. The highest BCUT2D eigenvalue weighted by atomic mass is 16.2. The molecule has 116 valence electrons. The molecule has 4 heteroatoms. The molecular weight excluding hydrogens is 252 g/mol. The van der Waals surface area contributed by atoms with Gasteiger partial charge in [-0.1, -0.05) is 40.5 Å². The predicted octanol–water partition coefficient (Wildman–Crippen LogP) is 2.72. The Balaban J connectivity index is 3.14. The lowest BCUT2D eigenvalue weighted by Gasteiger charge is -2.48. The van der Waals surface area contributed by atoms with E-state index in [1.165, 1.54) is 0 Å². The molecule has 1 aliphatic heterocycles. The van der Waals surface area contributed by atoms with Crippen LogP contribution >= 0.6 is 0 Å². The van der Waals surface area contributed by atoms with Crippen molar-refractivity contribution in [1.29, 1.82) is 0 Å². The van der Waals surface area contributed by atoms with E-state index in [1.807, 2.05) is 25.7 Å². The Bertz CT molecular complexity index is 365. The minimum atomic E-state index is -0.747. The van der Waals surface area contributed by atoms with Crippen LogP contribution in [0, 0.1) is 5.92 Å². The highest BCUT2D eigenvalue weighted by molar-refractivity contribution is 5.99. The predicted molar refractivity (Wildman–Crippen MR) is 81.3 cm³/mol. The summed E-state index contributed by atoms with van der Waals surface area (Å²) in [5.74, 6) is 0.514. The molecule has 3 atom stereocenters.